The number of fused-ring (bicyclic) bond motifs is 1. The third-order valence-corrected chi connectivity index (χ3v) is 2.87. The van der Waals surface area contributed by atoms with Crippen LogP contribution in [0.4, 0.5) is 5.69 Å². The summed E-state index contributed by atoms with van der Waals surface area (Å²) in [6.07, 6.45) is 1.21. The van der Waals surface area contributed by atoms with Crippen LogP contribution in [0.1, 0.15) is 18.9 Å². The molecule has 1 N–H and O–H groups in total. The van der Waals surface area contributed by atoms with E-state index in [1.54, 1.807) is 6.92 Å². The number of hydrogen-bond donors (Lipinski definition) is 1. The highest BCUT2D eigenvalue weighted by atomic mass is 16.5. The Morgan fingerprint density at radius 1 is 1.47 bits per heavy atom. The van der Waals surface area contributed by atoms with E-state index in [2.05, 4.69) is 5.32 Å². The van der Waals surface area contributed by atoms with Crippen LogP contribution in [0.3, 0.4) is 0 Å². The average molecular weight is 233 g/mol. The van der Waals surface area contributed by atoms with E-state index in [1.165, 1.54) is 0 Å². The topological polar surface area (TPSA) is 55.4 Å². The zero-order valence-corrected chi connectivity index (χ0v) is 9.73. The van der Waals surface area contributed by atoms with Crippen molar-refractivity contribution < 1.29 is 14.3 Å². The Morgan fingerprint density at radius 2 is 2.24 bits per heavy atom. The summed E-state index contributed by atoms with van der Waals surface area (Å²) >= 11 is 0. The predicted molar refractivity (Wildman–Crippen MR) is 63.5 cm³/mol. The van der Waals surface area contributed by atoms with E-state index in [9.17, 15) is 9.59 Å². The number of carbonyl (C=O) groups excluding carboxylic acids is 2. The molecule has 0 saturated carbocycles. The summed E-state index contributed by atoms with van der Waals surface area (Å²) in [5.74, 6) is -1.39. The van der Waals surface area contributed by atoms with Crippen molar-refractivity contribution in [3.63, 3.8) is 0 Å². The summed E-state index contributed by atoms with van der Waals surface area (Å²) in [6, 6.07) is 7.60. The van der Waals surface area contributed by atoms with E-state index in [-0.39, 0.29) is 5.91 Å². The molecule has 4 nitrogen and oxygen atoms in total. The number of esters is 1. The molecular weight excluding hydrogens is 218 g/mol. The fourth-order valence-corrected chi connectivity index (χ4v) is 1.98. The molecule has 1 aliphatic rings. The van der Waals surface area contributed by atoms with Crippen molar-refractivity contribution in [2.45, 2.75) is 19.8 Å². The van der Waals surface area contributed by atoms with Gasteiger partial charge >= 0.3 is 5.97 Å². The number of rotatable bonds is 2. The second-order valence-electron chi connectivity index (χ2n) is 3.99. The van der Waals surface area contributed by atoms with Crippen LogP contribution in [0.15, 0.2) is 24.3 Å². The lowest BCUT2D eigenvalue weighted by Crippen LogP contribution is -2.30. The molecule has 1 aromatic rings. The van der Waals surface area contributed by atoms with Crippen molar-refractivity contribution in [1.82, 2.24) is 0 Å². The van der Waals surface area contributed by atoms with Crippen molar-refractivity contribution in [3.8, 4) is 0 Å². The Hall–Kier alpha value is -1.84. The summed E-state index contributed by atoms with van der Waals surface area (Å²) in [5.41, 5.74) is 1.86. The van der Waals surface area contributed by atoms with Crippen LogP contribution in [0.2, 0.25) is 0 Å². The van der Waals surface area contributed by atoms with Crippen LogP contribution in [0.5, 0.6) is 0 Å². The maximum atomic E-state index is 11.9. The highest BCUT2D eigenvalue weighted by Crippen LogP contribution is 2.24. The third kappa shape index (κ3) is 2.46. The molecule has 4 heteroatoms. The first-order valence-corrected chi connectivity index (χ1v) is 5.77. The standard InChI is InChI=1S/C13H15NO3/c1-2-17-13(16)10-8-7-9-5-3-4-6-11(9)14-12(10)15/h3-6,10H,2,7-8H2,1H3,(H,14,15). The normalized spacial score (nSPS) is 18.9. The van der Waals surface area contributed by atoms with E-state index in [4.69, 9.17) is 4.74 Å². The van der Waals surface area contributed by atoms with Gasteiger partial charge in [-0.15, -0.1) is 0 Å². The van der Waals surface area contributed by atoms with Crippen molar-refractivity contribution >= 4 is 17.6 Å². The van der Waals surface area contributed by atoms with Crippen LogP contribution in [0, 0.1) is 5.92 Å². The second kappa shape index (κ2) is 4.99. The molecule has 1 unspecified atom stereocenters. The number of ether oxygens (including phenoxy) is 1. The van der Waals surface area contributed by atoms with Crippen molar-refractivity contribution in [2.75, 3.05) is 11.9 Å². The molecule has 0 aromatic heterocycles. The summed E-state index contributed by atoms with van der Waals surface area (Å²) < 4.78 is 4.91. The first kappa shape index (κ1) is 11.6. The highest BCUT2D eigenvalue weighted by Gasteiger charge is 2.30. The van der Waals surface area contributed by atoms with Crippen LogP contribution in [0.25, 0.3) is 0 Å². The minimum atomic E-state index is -0.692. The van der Waals surface area contributed by atoms with Crippen LogP contribution >= 0.6 is 0 Å². The quantitative estimate of drug-likeness (QED) is 0.625. The predicted octanol–water partition coefficient (Wildman–Crippen LogP) is 1.75. The third-order valence-electron chi connectivity index (χ3n) is 2.87. The fourth-order valence-electron chi connectivity index (χ4n) is 1.98. The molecule has 0 aliphatic carbocycles. The largest absolute Gasteiger partial charge is 0.465 e. The Labute approximate surface area is 100.0 Å². The molecule has 17 heavy (non-hydrogen) atoms. The Balaban J connectivity index is 2.18. The molecule has 0 spiro atoms. The van der Waals surface area contributed by atoms with Gasteiger partial charge in [0, 0.05) is 5.69 Å². The van der Waals surface area contributed by atoms with Crippen molar-refractivity contribution in [3.05, 3.63) is 29.8 Å². The van der Waals surface area contributed by atoms with Gasteiger partial charge < -0.3 is 10.1 Å². The van der Waals surface area contributed by atoms with Crippen LogP contribution < -0.4 is 5.32 Å². The van der Waals surface area contributed by atoms with Gasteiger partial charge in [-0.05, 0) is 31.4 Å². The Bertz CT molecular complexity index is 442. The minimum absolute atomic E-state index is 0.270. The number of anilines is 1. The number of benzene rings is 1. The molecule has 1 atom stereocenters. The molecule has 0 radical (unpaired) electrons. The summed E-state index contributed by atoms with van der Waals surface area (Å²) in [6.45, 7) is 2.04. The first-order valence-electron chi connectivity index (χ1n) is 5.77. The number of hydrogen-bond acceptors (Lipinski definition) is 3. The maximum absolute atomic E-state index is 11.9. The van der Waals surface area contributed by atoms with Gasteiger partial charge in [-0.3, -0.25) is 9.59 Å². The molecule has 0 saturated heterocycles. The van der Waals surface area contributed by atoms with E-state index < -0.39 is 11.9 Å². The second-order valence-corrected chi connectivity index (χ2v) is 3.99. The molecule has 2 rings (SSSR count). The highest BCUT2D eigenvalue weighted by molar-refractivity contribution is 6.05. The number of nitrogens with one attached hydrogen (secondary N) is 1. The van der Waals surface area contributed by atoms with Gasteiger partial charge in [0.25, 0.3) is 0 Å². The molecule has 0 bridgehead atoms. The van der Waals surface area contributed by atoms with E-state index in [0.717, 1.165) is 11.3 Å². The molecule has 1 amide bonds. The van der Waals surface area contributed by atoms with Crippen LogP contribution in [-0.4, -0.2) is 18.5 Å². The molecule has 1 aromatic carbocycles. The zero-order valence-electron chi connectivity index (χ0n) is 9.73. The molecule has 1 heterocycles. The number of aryl methyl sites for hydroxylation is 1. The van der Waals surface area contributed by atoms with Gasteiger partial charge in [0.05, 0.1) is 6.61 Å². The van der Waals surface area contributed by atoms with Crippen molar-refractivity contribution in [1.29, 1.82) is 0 Å². The van der Waals surface area contributed by atoms with Gasteiger partial charge in [-0.1, -0.05) is 18.2 Å². The molecule has 1 aliphatic heterocycles. The maximum Gasteiger partial charge on any atom is 0.318 e. The fraction of sp³-hybridized carbons (Fsp3) is 0.385. The smallest absolute Gasteiger partial charge is 0.318 e. The van der Waals surface area contributed by atoms with Gasteiger partial charge in [-0.2, -0.15) is 0 Å². The minimum Gasteiger partial charge on any atom is -0.465 e. The molecule has 90 valence electrons. The Morgan fingerprint density at radius 3 is 3.00 bits per heavy atom. The van der Waals surface area contributed by atoms with E-state index >= 15 is 0 Å². The van der Waals surface area contributed by atoms with Gasteiger partial charge in [0.15, 0.2) is 0 Å². The zero-order chi connectivity index (χ0) is 12.3. The lowest BCUT2D eigenvalue weighted by atomic mass is 10.0. The van der Waals surface area contributed by atoms with Gasteiger partial charge in [-0.25, -0.2) is 0 Å². The summed E-state index contributed by atoms with van der Waals surface area (Å²) in [5, 5.41) is 2.77. The average Bonchev–Trinajstić information content (AvgIpc) is 2.47. The SMILES string of the molecule is CCOC(=O)C1CCc2ccccc2NC1=O. The van der Waals surface area contributed by atoms with E-state index in [0.29, 0.717) is 19.4 Å². The van der Waals surface area contributed by atoms with Gasteiger partial charge in [0.2, 0.25) is 5.91 Å². The summed E-state index contributed by atoms with van der Waals surface area (Å²) in [4.78, 5) is 23.5. The lowest BCUT2D eigenvalue weighted by molar-refractivity contribution is -0.151. The Kier molecular flexibility index (Phi) is 3.42. The van der Waals surface area contributed by atoms with Crippen molar-refractivity contribution in [2.24, 2.45) is 5.92 Å². The number of para-hydroxylation sites is 1. The van der Waals surface area contributed by atoms with Crippen LogP contribution in [-0.2, 0) is 20.7 Å². The number of amides is 1. The number of carbonyl (C=O) groups is 2. The first-order chi connectivity index (χ1) is 8.22. The molecule has 0 fully saturated rings. The summed E-state index contributed by atoms with van der Waals surface area (Å²) in [7, 11) is 0. The molecular formula is C13H15NO3. The lowest BCUT2D eigenvalue weighted by Gasteiger charge is -2.11. The van der Waals surface area contributed by atoms with E-state index in [1.807, 2.05) is 24.3 Å². The van der Waals surface area contributed by atoms with Gasteiger partial charge in [0.1, 0.15) is 5.92 Å². The monoisotopic (exact) mass is 233 g/mol.